The number of halogens is 1. The van der Waals surface area contributed by atoms with E-state index in [9.17, 15) is 18.0 Å². The second-order valence-corrected chi connectivity index (χ2v) is 9.15. The Morgan fingerprint density at radius 1 is 0.906 bits per heavy atom. The Labute approximate surface area is 191 Å². The molecule has 7 nitrogen and oxygen atoms in total. The molecule has 2 N–H and O–H groups in total. The molecule has 0 bridgehead atoms. The van der Waals surface area contributed by atoms with Crippen LogP contribution in [0.1, 0.15) is 31.8 Å². The first-order valence-corrected chi connectivity index (χ1v) is 11.4. The second kappa shape index (κ2) is 9.42. The summed E-state index contributed by atoms with van der Waals surface area (Å²) in [5.74, 6) is -1.10. The van der Waals surface area contributed by atoms with Crippen LogP contribution < -0.4 is 10.0 Å². The number of esters is 1. The van der Waals surface area contributed by atoms with Gasteiger partial charge in [0.15, 0.2) is 0 Å². The van der Waals surface area contributed by atoms with Gasteiger partial charge in [-0.3, -0.25) is 9.52 Å². The molecule has 0 saturated heterocycles. The number of ether oxygens (including phenoxy) is 1. The SMILES string of the molecule is COC(=O)c1ccc(C)c(NC(=O)c2ccc(Cl)c(S(=O)(=O)Nc3ccc(C)cc3)c2)c1. The predicted molar refractivity (Wildman–Crippen MR) is 124 cm³/mol. The van der Waals surface area contributed by atoms with Gasteiger partial charge >= 0.3 is 5.97 Å². The average molecular weight is 473 g/mol. The molecule has 0 aliphatic heterocycles. The summed E-state index contributed by atoms with van der Waals surface area (Å²) >= 11 is 6.13. The van der Waals surface area contributed by atoms with E-state index < -0.39 is 21.9 Å². The summed E-state index contributed by atoms with van der Waals surface area (Å²) in [6.07, 6.45) is 0. The van der Waals surface area contributed by atoms with E-state index >= 15 is 0 Å². The lowest BCUT2D eigenvalue weighted by Crippen LogP contribution is -2.17. The molecule has 1 amide bonds. The molecule has 3 aromatic rings. The number of hydrogen-bond acceptors (Lipinski definition) is 5. The molecule has 166 valence electrons. The van der Waals surface area contributed by atoms with Gasteiger partial charge in [0.25, 0.3) is 15.9 Å². The van der Waals surface area contributed by atoms with Gasteiger partial charge in [0.1, 0.15) is 4.90 Å². The maximum atomic E-state index is 12.9. The van der Waals surface area contributed by atoms with Crippen molar-refractivity contribution in [1.29, 1.82) is 0 Å². The first-order valence-electron chi connectivity index (χ1n) is 9.50. The maximum absolute atomic E-state index is 12.9. The highest BCUT2D eigenvalue weighted by atomic mass is 35.5. The van der Waals surface area contributed by atoms with Gasteiger partial charge in [-0.1, -0.05) is 35.4 Å². The van der Waals surface area contributed by atoms with Crippen LogP contribution in [-0.2, 0) is 14.8 Å². The molecule has 0 fully saturated rings. The Kier molecular flexibility index (Phi) is 6.86. The topological polar surface area (TPSA) is 102 Å². The van der Waals surface area contributed by atoms with Gasteiger partial charge < -0.3 is 10.1 Å². The third-order valence-electron chi connectivity index (χ3n) is 4.69. The quantitative estimate of drug-likeness (QED) is 0.502. The van der Waals surface area contributed by atoms with Gasteiger partial charge in [0, 0.05) is 16.9 Å². The fourth-order valence-electron chi connectivity index (χ4n) is 2.88. The van der Waals surface area contributed by atoms with Crippen LogP contribution in [-0.4, -0.2) is 27.4 Å². The molecule has 0 radical (unpaired) electrons. The summed E-state index contributed by atoms with van der Waals surface area (Å²) in [6.45, 7) is 3.65. The number of sulfonamides is 1. The average Bonchev–Trinajstić information content (AvgIpc) is 2.76. The first-order chi connectivity index (χ1) is 15.1. The number of carbonyl (C=O) groups is 2. The Morgan fingerprint density at radius 3 is 2.22 bits per heavy atom. The van der Waals surface area contributed by atoms with Crippen LogP contribution in [0.25, 0.3) is 0 Å². The van der Waals surface area contributed by atoms with Crippen molar-refractivity contribution >= 4 is 44.9 Å². The molecule has 0 heterocycles. The Hall–Kier alpha value is -3.36. The van der Waals surface area contributed by atoms with Crippen molar-refractivity contribution in [2.45, 2.75) is 18.7 Å². The van der Waals surface area contributed by atoms with Crippen molar-refractivity contribution in [3.63, 3.8) is 0 Å². The van der Waals surface area contributed by atoms with Crippen molar-refractivity contribution in [1.82, 2.24) is 0 Å². The Balaban J connectivity index is 1.89. The number of rotatable bonds is 6. The summed E-state index contributed by atoms with van der Waals surface area (Å²) in [7, 11) is -2.77. The summed E-state index contributed by atoms with van der Waals surface area (Å²) in [6, 6.07) is 15.5. The third kappa shape index (κ3) is 5.27. The molecule has 0 saturated carbocycles. The molecule has 0 aliphatic rings. The zero-order valence-corrected chi connectivity index (χ0v) is 19.2. The van der Waals surface area contributed by atoms with Crippen LogP contribution in [0, 0.1) is 13.8 Å². The molecule has 0 atom stereocenters. The lowest BCUT2D eigenvalue weighted by Gasteiger charge is -2.13. The van der Waals surface area contributed by atoms with Crippen LogP contribution in [0.2, 0.25) is 5.02 Å². The standard InChI is InChI=1S/C23H21ClN2O5S/c1-14-4-9-18(10-5-14)26-32(29,30)21-13-16(8-11-19(21)24)22(27)25-20-12-17(23(28)31-3)7-6-15(20)2/h4-13,26H,1-3H3,(H,25,27). The Morgan fingerprint density at radius 2 is 1.56 bits per heavy atom. The van der Waals surface area contributed by atoms with Gasteiger partial charge in [-0.05, 0) is 61.9 Å². The van der Waals surface area contributed by atoms with Crippen molar-refractivity contribution in [3.05, 3.63) is 87.9 Å². The smallest absolute Gasteiger partial charge is 0.337 e. The van der Waals surface area contributed by atoms with E-state index in [1.807, 2.05) is 6.92 Å². The number of amides is 1. The number of methoxy groups -OCH3 is 1. The van der Waals surface area contributed by atoms with Crippen LogP contribution in [0.4, 0.5) is 11.4 Å². The Bertz CT molecular complexity index is 1290. The maximum Gasteiger partial charge on any atom is 0.337 e. The van der Waals surface area contributed by atoms with Crippen molar-refractivity contribution in [3.8, 4) is 0 Å². The fourth-order valence-corrected chi connectivity index (χ4v) is 4.46. The molecule has 9 heteroatoms. The van der Waals surface area contributed by atoms with Crippen molar-refractivity contribution in [2.75, 3.05) is 17.1 Å². The molecule has 0 aromatic heterocycles. The number of aryl methyl sites for hydroxylation is 2. The molecule has 3 aromatic carbocycles. The third-order valence-corrected chi connectivity index (χ3v) is 6.56. The van der Waals surface area contributed by atoms with Crippen LogP contribution in [0.15, 0.2) is 65.6 Å². The van der Waals surface area contributed by atoms with E-state index in [1.165, 1.54) is 31.4 Å². The highest BCUT2D eigenvalue weighted by Gasteiger charge is 2.21. The van der Waals surface area contributed by atoms with Gasteiger partial charge in [-0.15, -0.1) is 0 Å². The van der Waals surface area contributed by atoms with E-state index in [0.717, 1.165) is 5.56 Å². The summed E-state index contributed by atoms with van der Waals surface area (Å²) < 4.78 is 32.9. The molecule has 0 unspecified atom stereocenters. The number of benzene rings is 3. The normalized spacial score (nSPS) is 11.0. The van der Waals surface area contributed by atoms with Crippen molar-refractivity contribution in [2.24, 2.45) is 0 Å². The molecule has 0 aliphatic carbocycles. The summed E-state index contributed by atoms with van der Waals surface area (Å²) in [5.41, 5.74) is 2.83. The van der Waals surface area contributed by atoms with Crippen LogP contribution in [0.3, 0.4) is 0 Å². The van der Waals surface area contributed by atoms with Gasteiger partial charge in [0.05, 0.1) is 17.7 Å². The minimum Gasteiger partial charge on any atom is -0.465 e. The van der Waals surface area contributed by atoms with Gasteiger partial charge in [-0.25, -0.2) is 13.2 Å². The lowest BCUT2D eigenvalue weighted by molar-refractivity contribution is 0.0600. The van der Waals surface area contributed by atoms with E-state index in [2.05, 4.69) is 10.0 Å². The predicted octanol–water partition coefficient (Wildman–Crippen LogP) is 4.80. The molecule has 32 heavy (non-hydrogen) atoms. The van der Waals surface area contributed by atoms with Crippen LogP contribution >= 0.6 is 11.6 Å². The molecule has 3 rings (SSSR count). The number of carbonyl (C=O) groups excluding carboxylic acids is 2. The van der Waals surface area contributed by atoms with E-state index in [-0.39, 0.29) is 21.0 Å². The number of anilines is 2. The highest BCUT2D eigenvalue weighted by molar-refractivity contribution is 7.92. The number of hydrogen-bond donors (Lipinski definition) is 2. The number of nitrogens with one attached hydrogen (secondary N) is 2. The zero-order valence-electron chi connectivity index (χ0n) is 17.6. The fraction of sp³-hybridized carbons (Fsp3) is 0.130. The van der Waals surface area contributed by atoms with E-state index in [0.29, 0.717) is 16.9 Å². The van der Waals surface area contributed by atoms with Gasteiger partial charge in [-0.2, -0.15) is 0 Å². The molecular weight excluding hydrogens is 452 g/mol. The van der Waals surface area contributed by atoms with Crippen molar-refractivity contribution < 1.29 is 22.7 Å². The summed E-state index contributed by atoms with van der Waals surface area (Å²) in [5, 5.41) is 2.67. The lowest BCUT2D eigenvalue weighted by atomic mass is 10.1. The first kappa shape index (κ1) is 23.3. The minimum atomic E-state index is -4.04. The highest BCUT2D eigenvalue weighted by Crippen LogP contribution is 2.26. The van der Waals surface area contributed by atoms with Gasteiger partial charge in [0.2, 0.25) is 0 Å². The second-order valence-electron chi connectivity index (χ2n) is 7.09. The monoisotopic (exact) mass is 472 g/mol. The molecular formula is C23H21ClN2O5S. The molecule has 0 spiro atoms. The van der Waals surface area contributed by atoms with E-state index in [4.69, 9.17) is 16.3 Å². The minimum absolute atomic E-state index is 0.0231. The van der Waals surface area contributed by atoms with Crippen LogP contribution in [0.5, 0.6) is 0 Å². The zero-order chi connectivity index (χ0) is 23.5. The largest absolute Gasteiger partial charge is 0.465 e. The van der Waals surface area contributed by atoms with E-state index in [1.54, 1.807) is 43.3 Å². The summed E-state index contributed by atoms with van der Waals surface area (Å²) in [4.78, 5) is 24.4.